The van der Waals surface area contributed by atoms with E-state index < -0.39 is 10.0 Å². The maximum Gasteiger partial charge on any atom is 0.264 e. The lowest BCUT2D eigenvalue weighted by Crippen LogP contribution is -2.14. The van der Waals surface area contributed by atoms with Crippen molar-refractivity contribution < 1.29 is 8.42 Å². The van der Waals surface area contributed by atoms with Crippen LogP contribution >= 0.6 is 23.2 Å². The van der Waals surface area contributed by atoms with Crippen LogP contribution in [0.3, 0.4) is 0 Å². The Labute approximate surface area is 125 Å². The molecule has 1 N–H and O–H groups in total. The van der Waals surface area contributed by atoms with Crippen molar-refractivity contribution in [2.24, 2.45) is 0 Å². The SMILES string of the molecule is N#Cc1ccc(S(=O)(=O)Nc2ccnc(Cl)n2)c(Cl)c1. The Morgan fingerprint density at radius 3 is 2.60 bits per heavy atom. The lowest BCUT2D eigenvalue weighted by atomic mass is 10.2. The highest BCUT2D eigenvalue weighted by molar-refractivity contribution is 7.92. The van der Waals surface area contributed by atoms with E-state index in [1.165, 1.54) is 30.5 Å². The summed E-state index contributed by atoms with van der Waals surface area (Å²) < 4.78 is 26.5. The monoisotopic (exact) mass is 328 g/mol. The summed E-state index contributed by atoms with van der Waals surface area (Å²) in [6.45, 7) is 0. The van der Waals surface area contributed by atoms with Gasteiger partial charge in [0.05, 0.1) is 16.7 Å². The van der Waals surface area contributed by atoms with Crippen LogP contribution in [0.1, 0.15) is 5.56 Å². The fourth-order valence-electron chi connectivity index (χ4n) is 1.37. The molecule has 0 aliphatic heterocycles. The highest BCUT2D eigenvalue weighted by atomic mass is 35.5. The maximum atomic E-state index is 12.2. The summed E-state index contributed by atoms with van der Waals surface area (Å²) in [6, 6.07) is 7.08. The van der Waals surface area contributed by atoms with E-state index in [9.17, 15) is 8.42 Å². The Bertz CT molecular complexity index is 802. The Kier molecular flexibility index (Phi) is 4.09. The molecule has 0 atom stereocenters. The average molecular weight is 329 g/mol. The minimum Gasteiger partial charge on any atom is -0.263 e. The van der Waals surface area contributed by atoms with Gasteiger partial charge in [0, 0.05) is 6.20 Å². The summed E-state index contributed by atoms with van der Waals surface area (Å²) in [7, 11) is -3.93. The second-order valence-electron chi connectivity index (χ2n) is 3.57. The van der Waals surface area contributed by atoms with Gasteiger partial charge in [-0.2, -0.15) is 10.2 Å². The molecule has 0 spiro atoms. The van der Waals surface area contributed by atoms with Crippen molar-refractivity contribution in [2.45, 2.75) is 4.90 Å². The predicted molar refractivity (Wildman–Crippen MR) is 74.0 cm³/mol. The molecule has 20 heavy (non-hydrogen) atoms. The molecule has 0 saturated heterocycles. The molecule has 9 heteroatoms. The first kappa shape index (κ1) is 14.5. The average Bonchev–Trinajstić information content (AvgIpc) is 2.37. The van der Waals surface area contributed by atoms with E-state index in [1.54, 1.807) is 0 Å². The number of nitrogens with one attached hydrogen (secondary N) is 1. The van der Waals surface area contributed by atoms with Crippen LogP contribution in [0.2, 0.25) is 10.3 Å². The minimum absolute atomic E-state index is 0.0189. The van der Waals surface area contributed by atoms with Crippen molar-refractivity contribution >= 4 is 39.0 Å². The molecule has 0 bridgehead atoms. The molecular formula is C11H6Cl2N4O2S. The van der Waals surface area contributed by atoms with Gasteiger partial charge < -0.3 is 0 Å². The second-order valence-corrected chi connectivity index (χ2v) is 5.97. The van der Waals surface area contributed by atoms with E-state index in [1.807, 2.05) is 6.07 Å². The van der Waals surface area contributed by atoms with Gasteiger partial charge in [-0.1, -0.05) is 11.6 Å². The number of hydrogen-bond acceptors (Lipinski definition) is 5. The van der Waals surface area contributed by atoms with Gasteiger partial charge in [0.1, 0.15) is 10.7 Å². The van der Waals surface area contributed by atoms with Crippen LogP contribution in [0.4, 0.5) is 5.82 Å². The Morgan fingerprint density at radius 1 is 1.25 bits per heavy atom. The van der Waals surface area contributed by atoms with Gasteiger partial charge in [0.15, 0.2) is 0 Å². The summed E-state index contributed by atoms with van der Waals surface area (Å²) >= 11 is 11.4. The molecule has 102 valence electrons. The van der Waals surface area contributed by atoms with E-state index in [0.717, 1.165) is 0 Å². The summed E-state index contributed by atoms with van der Waals surface area (Å²) in [4.78, 5) is 7.20. The first-order valence-electron chi connectivity index (χ1n) is 5.13. The van der Waals surface area contributed by atoms with Crippen molar-refractivity contribution in [1.29, 1.82) is 5.26 Å². The first-order valence-corrected chi connectivity index (χ1v) is 7.37. The van der Waals surface area contributed by atoms with Crippen LogP contribution in [0.5, 0.6) is 0 Å². The van der Waals surface area contributed by atoms with Crippen molar-refractivity contribution in [3.05, 3.63) is 46.3 Å². The van der Waals surface area contributed by atoms with Gasteiger partial charge in [-0.25, -0.2) is 13.4 Å². The Morgan fingerprint density at radius 2 is 2.00 bits per heavy atom. The molecule has 0 aliphatic carbocycles. The van der Waals surface area contributed by atoms with Gasteiger partial charge in [-0.15, -0.1) is 0 Å². The molecule has 0 aliphatic rings. The number of sulfonamides is 1. The Hall–Kier alpha value is -1.88. The number of anilines is 1. The van der Waals surface area contributed by atoms with E-state index in [4.69, 9.17) is 28.5 Å². The van der Waals surface area contributed by atoms with Crippen LogP contribution in [0.25, 0.3) is 0 Å². The van der Waals surface area contributed by atoms with Gasteiger partial charge in [0.25, 0.3) is 10.0 Å². The van der Waals surface area contributed by atoms with Gasteiger partial charge >= 0.3 is 0 Å². The molecule has 2 rings (SSSR count). The highest BCUT2D eigenvalue weighted by Gasteiger charge is 2.19. The fourth-order valence-corrected chi connectivity index (χ4v) is 3.07. The van der Waals surface area contributed by atoms with Crippen LogP contribution < -0.4 is 4.72 Å². The summed E-state index contributed by atoms with van der Waals surface area (Å²) in [5, 5.41) is 8.57. The third-order valence-corrected chi connectivity index (χ3v) is 4.24. The molecular weight excluding hydrogens is 323 g/mol. The second kappa shape index (κ2) is 5.63. The third-order valence-electron chi connectivity index (χ3n) is 2.22. The third kappa shape index (κ3) is 3.17. The van der Waals surface area contributed by atoms with Crippen LogP contribution in [-0.4, -0.2) is 18.4 Å². The van der Waals surface area contributed by atoms with Crippen molar-refractivity contribution in [2.75, 3.05) is 4.72 Å². The number of nitriles is 1. The topological polar surface area (TPSA) is 95.7 Å². The summed E-state index contributed by atoms with van der Waals surface area (Å²) in [5.41, 5.74) is 0.263. The smallest absolute Gasteiger partial charge is 0.263 e. The zero-order chi connectivity index (χ0) is 14.8. The van der Waals surface area contributed by atoms with E-state index >= 15 is 0 Å². The zero-order valence-electron chi connectivity index (χ0n) is 9.71. The normalized spacial score (nSPS) is 10.8. The molecule has 2 aromatic rings. The molecule has 1 heterocycles. The van der Waals surface area contributed by atoms with Crippen LogP contribution in [-0.2, 0) is 10.0 Å². The van der Waals surface area contributed by atoms with E-state index in [0.29, 0.717) is 0 Å². The van der Waals surface area contributed by atoms with Crippen molar-refractivity contribution in [3.63, 3.8) is 0 Å². The zero-order valence-corrected chi connectivity index (χ0v) is 12.0. The molecule has 0 fully saturated rings. The molecule has 1 aromatic carbocycles. The predicted octanol–water partition coefficient (Wildman–Crippen LogP) is 2.46. The molecule has 0 amide bonds. The maximum absolute atomic E-state index is 12.2. The van der Waals surface area contributed by atoms with E-state index in [-0.39, 0.29) is 26.6 Å². The molecule has 0 radical (unpaired) electrons. The number of aromatic nitrogens is 2. The molecule has 1 aromatic heterocycles. The summed E-state index contributed by atoms with van der Waals surface area (Å²) in [6.07, 6.45) is 1.31. The number of benzene rings is 1. The van der Waals surface area contributed by atoms with Gasteiger partial charge in [-0.3, -0.25) is 4.72 Å². The molecule has 0 saturated carbocycles. The van der Waals surface area contributed by atoms with Crippen molar-refractivity contribution in [1.82, 2.24) is 9.97 Å². The number of nitrogens with zero attached hydrogens (tertiary/aromatic N) is 3. The highest BCUT2D eigenvalue weighted by Crippen LogP contribution is 2.24. The number of rotatable bonds is 3. The Balaban J connectivity index is 2.39. The lowest BCUT2D eigenvalue weighted by molar-refractivity contribution is 0.601. The van der Waals surface area contributed by atoms with E-state index in [2.05, 4.69) is 14.7 Å². The fraction of sp³-hybridized carbons (Fsp3) is 0. The molecule has 0 unspecified atom stereocenters. The lowest BCUT2D eigenvalue weighted by Gasteiger charge is -2.08. The number of halogens is 2. The largest absolute Gasteiger partial charge is 0.264 e. The van der Waals surface area contributed by atoms with Crippen molar-refractivity contribution in [3.8, 4) is 6.07 Å². The standard InChI is InChI=1S/C11H6Cl2N4O2S/c12-8-5-7(6-14)1-2-9(8)20(18,19)17-10-3-4-15-11(13)16-10/h1-5H,(H,15,16,17). The molecule has 6 nitrogen and oxygen atoms in total. The quantitative estimate of drug-likeness (QED) is 0.873. The number of hydrogen-bond donors (Lipinski definition) is 1. The van der Waals surface area contributed by atoms with Crippen LogP contribution in [0.15, 0.2) is 35.4 Å². The van der Waals surface area contributed by atoms with Gasteiger partial charge in [0.2, 0.25) is 5.28 Å². The first-order chi connectivity index (χ1) is 9.42. The minimum atomic E-state index is -3.93. The van der Waals surface area contributed by atoms with Gasteiger partial charge in [-0.05, 0) is 35.9 Å². The summed E-state index contributed by atoms with van der Waals surface area (Å²) in [5.74, 6) is 0.0189. The van der Waals surface area contributed by atoms with Crippen LogP contribution in [0, 0.1) is 11.3 Å².